The summed E-state index contributed by atoms with van der Waals surface area (Å²) in [7, 11) is -1.31. The minimum atomic E-state index is -1.67. The second-order valence-corrected chi connectivity index (χ2v) is 17.8. The van der Waals surface area contributed by atoms with Crippen LogP contribution >= 0.6 is 13.3 Å². The summed E-state index contributed by atoms with van der Waals surface area (Å²) in [5, 5.41) is 0. The molecule has 0 heterocycles. The van der Waals surface area contributed by atoms with Crippen LogP contribution in [0.25, 0.3) is 0 Å². The lowest BCUT2D eigenvalue weighted by Crippen LogP contribution is -2.18. The van der Waals surface area contributed by atoms with Gasteiger partial charge in [-0.25, -0.2) is 8.70 Å². The van der Waals surface area contributed by atoms with Crippen LogP contribution in [0.4, 0.5) is 0 Å². The minimum absolute atomic E-state index is 0.424. The average molecular weight is 442 g/mol. The van der Waals surface area contributed by atoms with Gasteiger partial charge in [0, 0.05) is 13.3 Å². The van der Waals surface area contributed by atoms with E-state index in [2.05, 4.69) is 32.2 Å². The van der Waals surface area contributed by atoms with E-state index in [4.69, 9.17) is 11.8 Å². The van der Waals surface area contributed by atoms with Gasteiger partial charge in [-0.15, -0.1) is 0 Å². The van der Waals surface area contributed by atoms with Crippen molar-refractivity contribution in [3.63, 3.8) is 0 Å². The first-order chi connectivity index (χ1) is 12.5. The summed E-state index contributed by atoms with van der Waals surface area (Å²) in [5.41, 5.74) is 0. The van der Waals surface area contributed by atoms with Gasteiger partial charge < -0.3 is 0 Å². The maximum Gasteiger partial charge on any atom is 0.117 e. The summed E-state index contributed by atoms with van der Waals surface area (Å²) in [5.74, 6) is 0. The topological polar surface area (TPSA) is 29.1 Å². The van der Waals surface area contributed by atoms with Gasteiger partial charge in [0.05, 0.1) is 0 Å². The Bertz CT molecular complexity index is 370. The van der Waals surface area contributed by atoms with Crippen LogP contribution in [0, 0.1) is 0 Å². The Labute approximate surface area is 173 Å². The molecule has 1 atom stereocenters. The molecule has 0 aliphatic carbocycles. The molecule has 1 unspecified atom stereocenters. The Balaban J connectivity index is 4.81. The van der Waals surface area contributed by atoms with Gasteiger partial charge in [0.2, 0.25) is 0 Å². The van der Waals surface area contributed by atoms with Crippen molar-refractivity contribution in [2.75, 3.05) is 24.6 Å². The van der Waals surface area contributed by atoms with Gasteiger partial charge in [-0.1, -0.05) is 90.9 Å². The van der Waals surface area contributed by atoms with E-state index >= 15 is 0 Å². The third-order valence-corrected chi connectivity index (χ3v) is 15.9. The molecule has 1 N–H and O–H groups in total. The molecule has 0 saturated heterocycles. The number of nitrogens with one attached hydrogen (secondary N) is 1. The third kappa shape index (κ3) is 14.2. The highest BCUT2D eigenvalue weighted by molar-refractivity contribution is 8.47. The summed E-state index contributed by atoms with van der Waals surface area (Å²) < 4.78 is 16.8. The number of hydrogen-bond donors (Lipinski definition) is 1. The molecule has 0 aliphatic rings. The van der Waals surface area contributed by atoms with Crippen molar-refractivity contribution in [3.05, 3.63) is 0 Å². The highest BCUT2D eigenvalue weighted by Gasteiger charge is 2.23. The molecule has 0 aliphatic heterocycles. The first-order valence-electron chi connectivity index (χ1n) is 11.1. The van der Waals surface area contributed by atoms with Gasteiger partial charge in [0.15, 0.2) is 0 Å². The van der Waals surface area contributed by atoms with Gasteiger partial charge in [-0.3, -0.25) is 0 Å². The average Bonchev–Trinajstić information content (AvgIpc) is 2.61. The number of unbranched alkanes of at least 4 members (excludes halogenated alkanes) is 8. The molecule has 0 saturated carbocycles. The first kappa shape index (κ1) is 27.2. The normalized spacial score (nSPS) is 13.4. The largest absolute Gasteiger partial charge is 0.238 e. The van der Waals surface area contributed by atoms with E-state index < -0.39 is 23.9 Å². The predicted molar refractivity (Wildman–Crippen MR) is 130 cm³/mol. The molecule has 0 fully saturated rings. The monoisotopic (exact) mass is 441 g/mol. The molecule has 0 rings (SSSR count). The summed E-state index contributed by atoms with van der Waals surface area (Å²) in [4.78, 5) is 0. The smallest absolute Gasteiger partial charge is 0.117 e. The predicted octanol–water partition coefficient (Wildman–Crippen LogP) is 7.79. The lowest BCUT2D eigenvalue weighted by Gasteiger charge is -2.26. The van der Waals surface area contributed by atoms with Gasteiger partial charge in [-0.05, 0) is 50.3 Å². The van der Waals surface area contributed by atoms with E-state index in [0.717, 1.165) is 24.6 Å². The highest BCUT2D eigenvalue weighted by Crippen LogP contribution is 2.50. The van der Waals surface area contributed by atoms with Crippen LogP contribution in [-0.4, -0.2) is 28.9 Å². The fourth-order valence-electron chi connectivity index (χ4n) is 2.99. The summed E-state index contributed by atoms with van der Waals surface area (Å²) in [6.07, 6.45) is 17.7. The number of rotatable bonds is 19. The van der Waals surface area contributed by atoms with E-state index in [0.29, 0.717) is 0 Å². The van der Waals surface area contributed by atoms with Gasteiger partial charge in [0.25, 0.3) is 0 Å². The molecule has 2 nitrogen and oxygen atoms in total. The maximum absolute atomic E-state index is 13.2. The molecular weight excluding hydrogens is 396 g/mol. The standard InChI is InChI=1S/C20H45NOP2S2/c1-5-9-13-17-23(18-14-10-6-2)26(22)21-24(25,19-15-11-7-3)20-16-12-8-4/h5-20H2,1-4H3,(H,21,25). The van der Waals surface area contributed by atoms with Crippen molar-refractivity contribution >= 4 is 35.7 Å². The van der Waals surface area contributed by atoms with Crippen molar-refractivity contribution < 1.29 is 4.21 Å². The zero-order chi connectivity index (χ0) is 19.7. The van der Waals surface area contributed by atoms with E-state index in [9.17, 15) is 4.21 Å². The lowest BCUT2D eigenvalue weighted by molar-refractivity contribution is 0.688. The van der Waals surface area contributed by atoms with E-state index in [1.165, 1.54) is 77.0 Å². The Morgan fingerprint density at radius 2 is 1.12 bits per heavy atom. The zero-order valence-electron chi connectivity index (χ0n) is 17.9. The lowest BCUT2D eigenvalue weighted by atomic mass is 10.3. The van der Waals surface area contributed by atoms with E-state index in [-0.39, 0.29) is 0 Å². The van der Waals surface area contributed by atoms with Crippen LogP contribution in [0.2, 0.25) is 0 Å². The van der Waals surface area contributed by atoms with Crippen LogP contribution in [0.1, 0.15) is 105 Å². The van der Waals surface area contributed by atoms with E-state index in [1.54, 1.807) is 0 Å². The molecule has 26 heavy (non-hydrogen) atoms. The van der Waals surface area contributed by atoms with Crippen LogP contribution < -0.4 is 4.49 Å². The minimum Gasteiger partial charge on any atom is -0.238 e. The van der Waals surface area contributed by atoms with Crippen molar-refractivity contribution in [1.82, 2.24) is 4.49 Å². The Kier molecular flexibility index (Phi) is 19.1. The third-order valence-electron chi connectivity index (χ3n) is 4.75. The van der Waals surface area contributed by atoms with Crippen molar-refractivity contribution in [2.45, 2.75) is 105 Å². The quantitative estimate of drug-likeness (QED) is 0.164. The molecule has 0 aromatic heterocycles. The molecule has 0 amide bonds. The molecule has 0 aromatic carbocycles. The van der Waals surface area contributed by atoms with Crippen LogP contribution in [0.5, 0.6) is 0 Å². The Hall–Kier alpha value is 1.19. The van der Waals surface area contributed by atoms with Crippen molar-refractivity contribution in [3.8, 4) is 0 Å². The summed E-state index contributed by atoms with van der Waals surface area (Å²) in [6, 6.07) is 0. The molecule has 0 radical (unpaired) electrons. The van der Waals surface area contributed by atoms with Gasteiger partial charge in [0.1, 0.15) is 10.6 Å². The van der Waals surface area contributed by atoms with E-state index in [1.807, 2.05) is 0 Å². The fraction of sp³-hybridized carbons (Fsp3) is 1.00. The molecule has 0 aromatic rings. The van der Waals surface area contributed by atoms with Gasteiger partial charge >= 0.3 is 0 Å². The van der Waals surface area contributed by atoms with Crippen LogP contribution in [0.15, 0.2) is 0 Å². The summed E-state index contributed by atoms with van der Waals surface area (Å²) >= 11 is 6.11. The fourth-order valence-corrected chi connectivity index (χ4v) is 14.8. The molecule has 0 bridgehead atoms. The first-order valence-corrected chi connectivity index (χ1v) is 17.7. The highest BCUT2D eigenvalue weighted by atomic mass is 32.7. The second-order valence-electron chi connectivity index (χ2n) is 7.43. The Morgan fingerprint density at radius 3 is 1.50 bits per heavy atom. The number of hydrogen-bond acceptors (Lipinski definition) is 2. The van der Waals surface area contributed by atoms with Crippen molar-refractivity contribution in [1.29, 1.82) is 0 Å². The molecular formula is C20H45NOP2S2. The molecule has 158 valence electrons. The maximum atomic E-state index is 13.2. The second kappa shape index (κ2) is 18.2. The van der Waals surface area contributed by atoms with Gasteiger partial charge in [-0.2, -0.15) is 0 Å². The molecule has 0 spiro atoms. The van der Waals surface area contributed by atoms with Crippen LogP contribution in [-0.2, 0) is 22.4 Å². The zero-order valence-corrected chi connectivity index (χ0v) is 21.4. The molecule has 6 heteroatoms. The Morgan fingerprint density at radius 1 is 0.731 bits per heavy atom. The summed E-state index contributed by atoms with van der Waals surface area (Å²) in [6.45, 7) is 8.98. The van der Waals surface area contributed by atoms with Crippen LogP contribution in [0.3, 0.4) is 0 Å². The van der Waals surface area contributed by atoms with Crippen molar-refractivity contribution in [2.24, 2.45) is 0 Å². The SMILES string of the molecule is CCCCCP(CCCCC)S(=O)NP(=S)(CCCCC)CCCCC.